The molecule has 1 N–H and O–H groups in total. The topological polar surface area (TPSA) is 79.0 Å². The van der Waals surface area contributed by atoms with Crippen LogP contribution in [0.25, 0.3) is 0 Å². The van der Waals surface area contributed by atoms with E-state index in [0.717, 1.165) is 0 Å². The van der Waals surface area contributed by atoms with Crippen molar-refractivity contribution in [1.82, 2.24) is 9.80 Å². The number of methoxy groups -OCH3 is 1. The summed E-state index contributed by atoms with van der Waals surface area (Å²) in [5, 5.41) is 4.93. The van der Waals surface area contributed by atoms with Gasteiger partial charge in [-0.2, -0.15) is 0 Å². The molecule has 3 aromatic rings. The van der Waals surface area contributed by atoms with Crippen molar-refractivity contribution in [3.05, 3.63) is 81.0 Å². The Morgan fingerprint density at radius 3 is 2.09 bits per heavy atom. The number of hydrogen-bond acceptors (Lipinski definition) is 5. The zero-order valence-corrected chi connectivity index (χ0v) is 19.5. The summed E-state index contributed by atoms with van der Waals surface area (Å²) >= 11 is 7.56. The predicted octanol–water partition coefficient (Wildman–Crippen LogP) is 4.26. The molecule has 170 valence electrons. The van der Waals surface area contributed by atoms with Gasteiger partial charge >= 0.3 is 0 Å². The van der Waals surface area contributed by atoms with E-state index in [1.165, 1.54) is 11.3 Å². The third kappa shape index (κ3) is 5.18. The molecule has 2 aromatic carbocycles. The Labute approximate surface area is 200 Å². The number of nitrogens with one attached hydrogen (secondary N) is 1. The third-order valence-corrected chi connectivity index (χ3v) is 6.60. The molecule has 0 saturated carbocycles. The first kappa shape index (κ1) is 22.8. The molecule has 1 aliphatic heterocycles. The summed E-state index contributed by atoms with van der Waals surface area (Å²) in [6.07, 6.45) is 0. The van der Waals surface area contributed by atoms with Crippen molar-refractivity contribution in [3.63, 3.8) is 0 Å². The van der Waals surface area contributed by atoms with Crippen molar-refractivity contribution < 1.29 is 19.1 Å². The average molecular weight is 484 g/mol. The largest absolute Gasteiger partial charge is 0.497 e. The number of hydrogen-bond donors (Lipinski definition) is 1. The molecular formula is C24H22ClN3O4S. The van der Waals surface area contributed by atoms with Crippen molar-refractivity contribution in [2.75, 3.05) is 38.6 Å². The Kier molecular flexibility index (Phi) is 6.96. The van der Waals surface area contributed by atoms with Gasteiger partial charge in [0.2, 0.25) is 0 Å². The maximum absolute atomic E-state index is 13.0. The van der Waals surface area contributed by atoms with Crippen LogP contribution in [0.15, 0.2) is 60.0 Å². The molecule has 0 bridgehead atoms. The lowest BCUT2D eigenvalue weighted by Gasteiger charge is -2.35. The number of carbonyl (C=O) groups excluding carboxylic acids is 3. The van der Waals surface area contributed by atoms with Gasteiger partial charge in [0.25, 0.3) is 17.7 Å². The highest BCUT2D eigenvalue weighted by Crippen LogP contribution is 2.25. The van der Waals surface area contributed by atoms with E-state index in [0.29, 0.717) is 58.6 Å². The zero-order valence-electron chi connectivity index (χ0n) is 17.9. The fourth-order valence-corrected chi connectivity index (χ4v) is 4.34. The van der Waals surface area contributed by atoms with Crippen LogP contribution in [0, 0.1) is 0 Å². The summed E-state index contributed by atoms with van der Waals surface area (Å²) < 4.78 is 5.13. The number of carbonyl (C=O) groups is 3. The van der Waals surface area contributed by atoms with E-state index in [1.54, 1.807) is 71.5 Å². The molecule has 4 rings (SSSR count). The average Bonchev–Trinajstić information content (AvgIpc) is 3.40. The highest BCUT2D eigenvalue weighted by atomic mass is 35.5. The van der Waals surface area contributed by atoms with Gasteiger partial charge in [0, 0.05) is 37.3 Å². The highest BCUT2D eigenvalue weighted by molar-refractivity contribution is 7.12. The van der Waals surface area contributed by atoms with Gasteiger partial charge in [-0.25, -0.2) is 0 Å². The van der Waals surface area contributed by atoms with E-state index in [4.69, 9.17) is 16.3 Å². The van der Waals surface area contributed by atoms with Gasteiger partial charge in [0.15, 0.2) is 0 Å². The van der Waals surface area contributed by atoms with Crippen LogP contribution in [-0.4, -0.2) is 60.8 Å². The third-order valence-electron chi connectivity index (χ3n) is 5.40. The Hall–Kier alpha value is -3.36. The SMILES string of the molecule is COc1ccc(C(=O)N2CCN(C(=O)c3ccc(Cl)c(NC(=O)c4cccs4)c3)CC2)cc1. The number of anilines is 1. The van der Waals surface area contributed by atoms with Gasteiger partial charge in [-0.05, 0) is 53.9 Å². The number of thiophene rings is 1. The number of nitrogens with zero attached hydrogens (tertiary/aromatic N) is 2. The predicted molar refractivity (Wildman–Crippen MR) is 129 cm³/mol. The second-order valence-corrected chi connectivity index (χ2v) is 8.79. The van der Waals surface area contributed by atoms with Gasteiger partial charge in [-0.3, -0.25) is 14.4 Å². The zero-order chi connectivity index (χ0) is 23.4. The van der Waals surface area contributed by atoms with Crippen molar-refractivity contribution in [2.24, 2.45) is 0 Å². The number of rotatable bonds is 5. The normalized spacial score (nSPS) is 13.5. The van der Waals surface area contributed by atoms with Gasteiger partial charge in [0.1, 0.15) is 5.75 Å². The standard InChI is InChI=1S/C24H22ClN3O4S/c1-32-18-7-4-16(5-8-18)23(30)27-10-12-28(13-11-27)24(31)17-6-9-19(25)20(15-17)26-22(29)21-3-2-14-33-21/h2-9,14-15H,10-13H2,1H3,(H,26,29). The van der Waals surface area contributed by atoms with E-state index in [1.807, 2.05) is 5.38 Å². The van der Waals surface area contributed by atoms with Crippen LogP contribution in [0.1, 0.15) is 30.4 Å². The van der Waals surface area contributed by atoms with E-state index < -0.39 is 0 Å². The monoisotopic (exact) mass is 483 g/mol. The van der Waals surface area contributed by atoms with Crippen LogP contribution in [0.5, 0.6) is 5.75 Å². The summed E-state index contributed by atoms with van der Waals surface area (Å²) in [7, 11) is 1.58. The lowest BCUT2D eigenvalue weighted by Crippen LogP contribution is -2.50. The number of halogens is 1. The molecule has 0 spiro atoms. The molecule has 0 unspecified atom stereocenters. The Balaban J connectivity index is 1.39. The molecule has 33 heavy (non-hydrogen) atoms. The summed E-state index contributed by atoms with van der Waals surface area (Å²) in [6.45, 7) is 1.71. The minimum absolute atomic E-state index is 0.0742. The molecule has 1 aromatic heterocycles. The molecule has 9 heteroatoms. The van der Waals surface area contributed by atoms with Crippen LogP contribution < -0.4 is 10.1 Å². The van der Waals surface area contributed by atoms with Crippen molar-refractivity contribution in [1.29, 1.82) is 0 Å². The van der Waals surface area contributed by atoms with Crippen LogP contribution in [0.2, 0.25) is 5.02 Å². The molecule has 7 nitrogen and oxygen atoms in total. The lowest BCUT2D eigenvalue weighted by atomic mass is 10.1. The van der Waals surface area contributed by atoms with E-state index >= 15 is 0 Å². The molecular weight excluding hydrogens is 462 g/mol. The van der Waals surface area contributed by atoms with Crippen LogP contribution >= 0.6 is 22.9 Å². The van der Waals surface area contributed by atoms with E-state index in [-0.39, 0.29) is 17.7 Å². The Morgan fingerprint density at radius 1 is 0.909 bits per heavy atom. The fraction of sp³-hybridized carbons (Fsp3) is 0.208. The smallest absolute Gasteiger partial charge is 0.265 e. The summed E-state index contributed by atoms with van der Waals surface area (Å²) in [5.74, 6) is 0.169. The quantitative estimate of drug-likeness (QED) is 0.588. The van der Waals surface area contributed by atoms with E-state index in [2.05, 4.69) is 5.32 Å². The summed E-state index contributed by atoms with van der Waals surface area (Å²) in [6, 6.07) is 15.3. The van der Waals surface area contributed by atoms with Crippen LogP contribution in [0.3, 0.4) is 0 Å². The van der Waals surface area contributed by atoms with Gasteiger partial charge < -0.3 is 19.9 Å². The number of piperazine rings is 1. The minimum atomic E-state index is -0.276. The lowest BCUT2D eigenvalue weighted by molar-refractivity contribution is 0.0535. The number of ether oxygens (including phenoxy) is 1. The van der Waals surface area contributed by atoms with Crippen molar-refractivity contribution in [2.45, 2.75) is 0 Å². The van der Waals surface area contributed by atoms with Crippen molar-refractivity contribution >= 4 is 46.3 Å². The highest BCUT2D eigenvalue weighted by Gasteiger charge is 2.26. The first-order chi connectivity index (χ1) is 16.0. The molecule has 2 heterocycles. The van der Waals surface area contributed by atoms with Crippen LogP contribution in [0.4, 0.5) is 5.69 Å². The summed E-state index contributed by atoms with van der Waals surface area (Å²) in [4.78, 5) is 42.2. The molecule has 0 radical (unpaired) electrons. The summed E-state index contributed by atoms with van der Waals surface area (Å²) in [5.41, 5.74) is 1.39. The first-order valence-electron chi connectivity index (χ1n) is 10.3. The molecule has 1 fully saturated rings. The van der Waals surface area contributed by atoms with Gasteiger partial charge in [-0.1, -0.05) is 17.7 Å². The molecule has 0 aliphatic carbocycles. The van der Waals surface area contributed by atoms with Gasteiger partial charge in [-0.15, -0.1) is 11.3 Å². The minimum Gasteiger partial charge on any atom is -0.497 e. The van der Waals surface area contributed by atoms with E-state index in [9.17, 15) is 14.4 Å². The van der Waals surface area contributed by atoms with Gasteiger partial charge in [0.05, 0.1) is 22.7 Å². The van der Waals surface area contributed by atoms with Crippen LogP contribution in [-0.2, 0) is 0 Å². The fourth-order valence-electron chi connectivity index (χ4n) is 3.56. The maximum Gasteiger partial charge on any atom is 0.265 e. The number of benzene rings is 2. The Bertz CT molecular complexity index is 1160. The number of amides is 3. The molecule has 1 aliphatic rings. The molecule has 1 saturated heterocycles. The maximum atomic E-state index is 13.0. The second-order valence-electron chi connectivity index (χ2n) is 7.44. The molecule has 0 atom stereocenters. The first-order valence-corrected chi connectivity index (χ1v) is 11.6. The Morgan fingerprint density at radius 2 is 1.52 bits per heavy atom. The second kappa shape index (κ2) is 10.1. The molecule has 3 amide bonds. The van der Waals surface area contributed by atoms with Crippen molar-refractivity contribution in [3.8, 4) is 5.75 Å².